The minimum atomic E-state index is -0.539. The monoisotopic (exact) mass is 528 g/mol. The molecule has 0 radical (unpaired) electrons. The van der Waals surface area contributed by atoms with E-state index in [-0.39, 0.29) is 6.61 Å². The van der Waals surface area contributed by atoms with Crippen molar-refractivity contribution >= 4 is 35.3 Å². The lowest BCUT2D eigenvalue weighted by molar-refractivity contribution is -0.139. The molecule has 1 atom stereocenters. The third-order valence-corrected chi connectivity index (χ3v) is 6.87. The van der Waals surface area contributed by atoms with Crippen molar-refractivity contribution in [1.82, 2.24) is 14.8 Å². The maximum Gasteiger partial charge on any atom is 0.338 e. The number of rotatable bonds is 10. The second kappa shape index (κ2) is 11.7. The Bertz CT molecular complexity index is 1260. The van der Waals surface area contributed by atoms with E-state index in [1.807, 2.05) is 49.4 Å². The first kappa shape index (κ1) is 25.9. The molecule has 36 heavy (non-hydrogen) atoms. The van der Waals surface area contributed by atoms with E-state index in [0.29, 0.717) is 45.5 Å². The number of esters is 1. The summed E-state index contributed by atoms with van der Waals surface area (Å²) in [4.78, 5) is 17.7. The number of benzene rings is 2. The van der Waals surface area contributed by atoms with E-state index >= 15 is 0 Å². The summed E-state index contributed by atoms with van der Waals surface area (Å²) in [6, 6.07) is 12.6. The number of halogens is 1. The molecule has 1 N–H and O–H groups in total. The SMILES string of the molecule is CCCSc1nc2n(n1)C(c1ccc(OCc3ccc(Cl)cc3)c(OC)c1)C(C(=O)OCC)=C(C)N2. The van der Waals surface area contributed by atoms with E-state index < -0.39 is 12.0 Å². The summed E-state index contributed by atoms with van der Waals surface area (Å²) in [6.45, 7) is 6.37. The fourth-order valence-electron chi connectivity index (χ4n) is 3.88. The molecule has 0 aliphatic carbocycles. The number of hydrogen-bond donors (Lipinski definition) is 1. The van der Waals surface area contributed by atoms with Crippen LogP contribution in [0.3, 0.4) is 0 Å². The fourth-order valence-corrected chi connectivity index (χ4v) is 4.69. The van der Waals surface area contributed by atoms with Gasteiger partial charge in [-0.05, 0) is 55.7 Å². The van der Waals surface area contributed by atoms with Crippen LogP contribution in [0.15, 0.2) is 58.9 Å². The number of methoxy groups -OCH3 is 1. The van der Waals surface area contributed by atoms with Crippen LogP contribution in [0.2, 0.25) is 5.02 Å². The van der Waals surface area contributed by atoms with Gasteiger partial charge in [0.1, 0.15) is 12.6 Å². The molecular formula is C26H29ClN4O4S. The number of anilines is 1. The zero-order chi connectivity index (χ0) is 25.7. The molecule has 3 aromatic rings. The van der Waals surface area contributed by atoms with Crippen molar-refractivity contribution in [3.8, 4) is 11.5 Å². The molecule has 10 heteroatoms. The van der Waals surface area contributed by atoms with Gasteiger partial charge in [0.2, 0.25) is 11.1 Å². The highest BCUT2D eigenvalue weighted by Gasteiger charge is 2.35. The summed E-state index contributed by atoms with van der Waals surface area (Å²) in [7, 11) is 1.59. The minimum absolute atomic E-state index is 0.269. The summed E-state index contributed by atoms with van der Waals surface area (Å²) in [6.07, 6.45) is 1.01. The van der Waals surface area contributed by atoms with Crippen LogP contribution in [0.1, 0.15) is 44.4 Å². The van der Waals surface area contributed by atoms with Gasteiger partial charge in [-0.25, -0.2) is 9.48 Å². The van der Waals surface area contributed by atoms with Gasteiger partial charge in [0.05, 0.1) is 19.3 Å². The smallest absolute Gasteiger partial charge is 0.338 e. The average Bonchev–Trinajstić information content (AvgIpc) is 3.28. The highest BCUT2D eigenvalue weighted by atomic mass is 35.5. The van der Waals surface area contributed by atoms with Crippen LogP contribution in [0.5, 0.6) is 11.5 Å². The lowest BCUT2D eigenvalue weighted by Crippen LogP contribution is -2.29. The van der Waals surface area contributed by atoms with Crippen LogP contribution in [-0.2, 0) is 16.1 Å². The van der Waals surface area contributed by atoms with E-state index in [0.717, 1.165) is 23.3 Å². The standard InChI is InChI=1S/C26H29ClN4O4S/c1-5-13-36-26-29-25-28-16(3)22(24(32)34-6-2)23(31(25)30-26)18-9-12-20(21(14-18)33-4)35-15-17-7-10-19(27)11-8-17/h7-12,14,23H,5-6,13,15H2,1-4H3,(H,28,29,30). The van der Waals surface area contributed by atoms with Crippen LogP contribution in [-0.4, -0.2) is 40.2 Å². The molecule has 8 nitrogen and oxygen atoms in total. The van der Waals surface area contributed by atoms with Gasteiger partial charge in [-0.2, -0.15) is 4.98 Å². The van der Waals surface area contributed by atoms with Gasteiger partial charge in [0.25, 0.3) is 0 Å². The number of hydrogen-bond acceptors (Lipinski definition) is 8. The third kappa shape index (κ3) is 5.63. The van der Waals surface area contributed by atoms with Gasteiger partial charge in [0, 0.05) is 16.5 Å². The normalized spacial score (nSPS) is 14.8. The molecule has 2 aromatic carbocycles. The van der Waals surface area contributed by atoms with Crippen LogP contribution in [0.4, 0.5) is 5.95 Å². The van der Waals surface area contributed by atoms with Gasteiger partial charge >= 0.3 is 5.97 Å². The van der Waals surface area contributed by atoms with E-state index in [1.165, 1.54) is 0 Å². The Kier molecular flexibility index (Phi) is 8.43. The van der Waals surface area contributed by atoms with Gasteiger partial charge < -0.3 is 19.5 Å². The highest BCUT2D eigenvalue weighted by Crippen LogP contribution is 2.40. The first-order valence-corrected chi connectivity index (χ1v) is 13.1. The number of fused-ring (bicyclic) bond motifs is 1. The summed E-state index contributed by atoms with van der Waals surface area (Å²) in [5.41, 5.74) is 2.93. The molecule has 190 valence electrons. The van der Waals surface area contributed by atoms with Crippen molar-refractivity contribution in [2.24, 2.45) is 0 Å². The van der Waals surface area contributed by atoms with Crippen LogP contribution in [0.25, 0.3) is 0 Å². The first-order valence-electron chi connectivity index (χ1n) is 11.7. The summed E-state index contributed by atoms with van der Waals surface area (Å²) in [5, 5.41) is 9.26. The second-order valence-corrected chi connectivity index (χ2v) is 9.62. The number of thioether (sulfide) groups is 1. The Labute approximate surface area is 220 Å². The van der Waals surface area contributed by atoms with Gasteiger partial charge in [-0.1, -0.05) is 48.5 Å². The van der Waals surface area contributed by atoms with E-state index in [2.05, 4.69) is 17.2 Å². The third-order valence-electron chi connectivity index (χ3n) is 5.57. The maximum atomic E-state index is 13.0. The molecule has 1 aliphatic heterocycles. The predicted molar refractivity (Wildman–Crippen MR) is 141 cm³/mol. The van der Waals surface area contributed by atoms with Gasteiger partial charge in [-0.3, -0.25) is 0 Å². The zero-order valence-corrected chi connectivity index (χ0v) is 22.3. The van der Waals surface area contributed by atoms with Gasteiger partial charge in [0.15, 0.2) is 11.5 Å². The van der Waals surface area contributed by atoms with Crippen molar-refractivity contribution in [3.05, 3.63) is 69.9 Å². The number of aromatic nitrogens is 3. The van der Waals surface area contributed by atoms with Crippen LogP contribution in [0, 0.1) is 0 Å². The van der Waals surface area contributed by atoms with Crippen molar-refractivity contribution in [1.29, 1.82) is 0 Å². The zero-order valence-electron chi connectivity index (χ0n) is 20.7. The lowest BCUT2D eigenvalue weighted by Gasteiger charge is -2.28. The van der Waals surface area contributed by atoms with E-state index in [9.17, 15) is 4.79 Å². The number of nitrogens with one attached hydrogen (secondary N) is 1. The lowest BCUT2D eigenvalue weighted by atomic mass is 9.95. The van der Waals surface area contributed by atoms with Crippen LogP contribution < -0.4 is 14.8 Å². The Balaban J connectivity index is 1.70. The molecule has 0 spiro atoms. The molecule has 0 fully saturated rings. The second-order valence-electron chi connectivity index (χ2n) is 8.12. The summed E-state index contributed by atoms with van der Waals surface area (Å²) >= 11 is 7.56. The quantitative estimate of drug-likeness (QED) is 0.258. The molecule has 1 aliphatic rings. The Morgan fingerprint density at radius 1 is 1.17 bits per heavy atom. The van der Waals surface area contributed by atoms with E-state index in [4.69, 9.17) is 30.9 Å². The number of allylic oxidation sites excluding steroid dienone is 1. The summed E-state index contributed by atoms with van der Waals surface area (Å²) < 4.78 is 18.8. The Morgan fingerprint density at radius 3 is 2.64 bits per heavy atom. The molecule has 0 amide bonds. The largest absolute Gasteiger partial charge is 0.493 e. The Hall–Kier alpha value is -3.17. The van der Waals surface area contributed by atoms with E-state index in [1.54, 1.807) is 30.5 Å². The van der Waals surface area contributed by atoms with Gasteiger partial charge in [-0.15, -0.1) is 5.10 Å². The molecule has 1 unspecified atom stereocenters. The molecular weight excluding hydrogens is 500 g/mol. The highest BCUT2D eigenvalue weighted by molar-refractivity contribution is 7.99. The van der Waals surface area contributed by atoms with Crippen molar-refractivity contribution in [2.45, 2.75) is 45.0 Å². The van der Waals surface area contributed by atoms with Crippen molar-refractivity contribution in [3.63, 3.8) is 0 Å². The molecule has 0 saturated heterocycles. The number of carbonyl (C=O) groups is 1. The fraction of sp³-hybridized carbons (Fsp3) is 0.346. The average molecular weight is 529 g/mol. The number of ether oxygens (including phenoxy) is 3. The topological polar surface area (TPSA) is 87.5 Å². The molecule has 0 bridgehead atoms. The van der Waals surface area contributed by atoms with Crippen LogP contribution >= 0.6 is 23.4 Å². The summed E-state index contributed by atoms with van der Waals surface area (Å²) in [5.74, 6) is 2.20. The predicted octanol–water partition coefficient (Wildman–Crippen LogP) is 5.87. The minimum Gasteiger partial charge on any atom is -0.493 e. The molecule has 2 heterocycles. The molecule has 1 aromatic heterocycles. The molecule has 0 saturated carbocycles. The van der Waals surface area contributed by atoms with Crippen molar-refractivity contribution in [2.75, 3.05) is 24.8 Å². The molecule has 4 rings (SSSR count). The van der Waals surface area contributed by atoms with Crippen molar-refractivity contribution < 1.29 is 19.0 Å². The Morgan fingerprint density at radius 2 is 1.94 bits per heavy atom. The first-order chi connectivity index (χ1) is 17.4. The number of carbonyl (C=O) groups excluding carboxylic acids is 1. The number of nitrogens with zero attached hydrogens (tertiary/aromatic N) is 3. The maximum absolute atomic E-state index is 13.0.